The van der Waals surface area contributed by atoms with E-state index in [2.05, 4.69) is 10.6 Å². The third kappa shape index (κ3) is 6.09. The van der Waals surface area contributed by atoms with Gasteiger partial charge in [0.15, 0.2) is 0 Å². The predicted octanol–water partition coefficient (Wildman–Crippen LogP) is 4.44. The quantitative estimate of drug-likeness (QED) is 0.505. The second-order valence-electron chi connectivity index (χ2n) is 6.11. The second-order valence-corrected chi connectivity index (χ2v) is 6.11. The Hall–Kier alpha value is -3.30. The zero-order valence-electron chi connectivity index (χ0n) is 15.3. The molecule has 0 saturated heterocycles. The fourth-order valence-corrected chi connectivity index (χ4v) is 2.60. The Bertz CT molecular complexity index is 870. The minimum Gasteiger partial charge on any atom is -0.465 e. The van der Waals surface area contributed by atoms with Crippen molar-refractivity contribution in [3.05, 3.63) is 59.4 Å². The number of carbonyl (C=O) groups excluding carboxylic acids is 1. The number of halogens is 4. The third-order valence-electron chi connectivity index (χ3n) is 4.03. The summed E-state index contributed by atoms with van der Waals surface area (Å²) in [6.07, 6.45) is -6.02. The smallest absolute Gasteiger partial charge is 0.418 e. The number of amides is 2. The number of rotatable bonds is 7. The first kappa shape index (κ1) is 22.0. The lowest BCUT2D eigenvalue weighted by Crippen LogP contribution is -2.42. The molecule has 0 heterocycles. The van der Waals surface area contributed by atoms with Gasteiger partial charge in [-0.15, -0.1) is 0 Å². The largest absolute Gasteiger partial charge is 0.465 e. The van der Waals surface area contributed by atoms with Gasteiger partial charge < -0.3 is 21.1 Å². The van der Waals surface area contributed by atoms with Crippen LogP contribution in [0.15, 0.2) is 42.5 Å². The number of hydrogen-bond donors (Lipinski definition) is 4. The first-order valence-corrected chi connectivity index (χ1v) is 8.60. The molecule has 0 aromatic heterocycles. The van der Waals surface area contributed by atoms with E-state index in [0.717, 1.165) is 12.1 Å². The monoisotopic (exact) mass is 413 g/mol. The summed E-state index contributed by atoms with van der Waals surface area (Å²) in [5, 5.41) is 15.8. The molecule has 0 fully saturated rings. The molecule has 1 atom stereocenters. The predicted molar refractivity (Wildman–Crippen MR) is 99.0 cm³/mol. The average Bonchev–Trinajstić information content (AvgIpc) is 2.65. The van der Waals surface area contributed by atoms with E-state index in [9.17, 15) is 27.2 Å². The Morgan fingerprint density at radius 1 is 1.10 bits per heavy atom. The van der Waals surface area contributed by atoms with Crippen LogP contribution in [0.3, 0.4) is 0 Å². The molecule has 2 amide bonds. The summed E-state index contributed by atoms with van der Waals surface area (Å²) in [6, 6.07) is 7.32. The highest BCUT2D eigenvalue weighted by molar-refractivity contribution is 5.99. The lowest BCUT2D eigenvalue weighted by molar-refractivity contribution is -0.137. The topological polar surface area (TPSA) is 90.5 Å². The van der Waals surface area contributed by atoms with Crippen molar-refractivity contribution < 1.29 is 32.3 Å². The minimum atomic E-state index is -4.70. The molecule has 156 valence electrons. The Balaban J connectivity index is 2.32. The van der Waals surface area contributed by atoms with Crippen LogP contribution in [0.5, 0.6) is 0 Å². The van der Waals surface area contributed by atoms with Crippen LogP contribution in [0.25, 0.3) is 0 Å². The maximum Gasteiger partial charge on any atom is 0.418 e. The standard InChI is InChI=1S/C19H19F4N3O3/c1-2-14(26-18(28)29)17(27)25-15-5-3-4-13(19(21,22)23)16(15)24-10-11-6-8-12(20)9-7-11/h3-9,14,24,26H,2,10H2,1H3,(H,25,27)(H,28,29). The van der Waals surface area contributed by atoms with E-state index in [1.807, 2.05) is 5.32 Å². The van der Waals surface area contributed by atoms with Gasteiger partial charge in [0.2, 0.25) is 5.91 Å². The average molecular weight is 413 g/mol. The van der Waals surface area contributed by atoms with Crippen LogP contribution in [-0.2, 0) is 17.5 Å². The summed E-state index contributed by atoms with van der Waals surface area (Å²) in [4.78, 5) is 23.1. The van der Waals surface area contributed by atoms with Crippen molar-refractivity contribution in [3.63, 3.8) is 0 Å². The van der Waals surface area contributed by atoms with Gasteiger partial charge in [0, 0.05) is 6.54 Å². The maximum atomic E-state index is 13.4. The van der Waals surface area contributed by atoms with Crippen LogP contribution in [-0.4, -0.2) is 23.1 Å². The van der Waals surface area contributed by atoms with E-state index in [0.29, 0.717) is 5.56 Å². The molecule has 10 heteroatoms. The molecule has 0 aliphatic rings. The summed E-state index contributed by atoms with van der Waals surface area (Å²) < 4.78 is 53.4. The van der Waals surface area contributed by atoms with E-state index >= 15 is 0 Å². The highest BCUT2D eigenvalue weighted by Crippen LogP contribution is 2.39. The number of para-hydroxylation sites is 1. The molecule has 0 bridgehead atoms. The van der Waals surface area contributed by atoms with Crippen molar-refractivity contribution in [3.8, 4) is 0 Å². The Labute approximate surface area is 163 Å². The van der Waals surface area contributed by atoms with Crippen LogP contribution in [0.4, 0.5) is 33.7 Å². The van der Waals surface area contributed by atoms with Crippen LogP contribution in [0.1, 0.15) is 24.5 Å². The molecule has 4 N–H and O–H groups in total. The molecule has 6 nitrogen and oxygen atoms in total. The first-order chi connectivity index (χ1) is 13.6. The molecule has 0 radical (unpaired) electrons. The maximum absolute atomic E-state index is 13.4. The highest BCUT2D eigenvalue weighted by Gasteiger charge is 2.35. The molecule has 29 heavy (non-hydrogen) atoms. The normalized spacial score (nSPS) is 12.2. The molecule has 0 aliphatic heterocycles. The van der Waals surface area contributed by atoms with E-state index in [-0.39, 0.29) is 24.3 Å². The number of alkyl halides is 3. The minimum absolute atomic E-state index is 0.0547. The summed E-state index contributed by atoms with van der Waals surface area (Å²) in [5.74, 6) is -1.27. The SMILES string of the molecule is CCC(NC(=O)O)C(=O)Nc1cccc(C(F)(F)F)c1NCc1ccc(F)cc1. The number of carboxylic acid groups (broad SMARTS) is 1. The first-order valence-electron chi connectivity index (χ1n) is 8.60. The molecule has 2 aromatic rings. The molecular formula is C19H19F4N3O3. The van der Waals surface area contributed by atoms with Gasteiger partial charge in [-0.2, -0.15) is 13.2 Å². The Kier molecular flexibility index (Phi) is 7.03. The fraction of sp³-hybridized carbons (Fsp3) is 0.263. The van der Waals surface area contributed by atoms with Gasteiger partial charge in [0.25, 0.3) is 0 Å². The number of benzene rings is 2. The van der Waals surface area contributed by atoms with Gasteiger partial charge in [-0.05, 0) is 36.2 Å². The van der Waals surface area contributed by atoms with Crippen molar-refractivity contribution >= 4 is 23.4 Å². The number of carbonyl (C=O) groups is 2. The van der Waals surface area contributed by atoms with Crippen molar-refractivity contribution in [2.24, 2.45) is 0 Å². The van der Waals surface area contributed by atoms with Gasteiger partial charge in [0.1, 0.15) is 11.9 Å². The molecular weight excluding hydrogens is 394 g/mol. The van der Waals surface area contributed by atoms with Gasteiger partial charge >= 0.3 is 12.3 Å². The van der Waals surface area contributed by atoms with Crippen LogP contribution in [0.2, 0.25) is 0 Å². The summed E-state index contributed by atoms with van der Waals surface area (Å²) in [6.45, 7) is 1.50. The fourth-order valence-electron chi connectivity index (χ4n) is 2.60. The number of anilines is 2. The van der Waals surface area contributed by atoms with Crippen LogP contribution < -0.4 is 16.0 Å². The van der Waals surface area contributed by atoms with E-state index in [1.54, 1.807) is 6.92 Å². The Morgan fingerprint density at radius 2 is 1.76 bits per heavy atom. The molecule has 2 rings (SSSR count). The lowest BCUT2D eigenvalue weighted by atomic mass is 10.1. The zero-order valence-corrected chi connectivity index (χ0v) is 15.3. The number of nitrogens with one attached hydrogen (secondary N) is 3. The molecule has 1 unspecified atom stereocenters. The highest BCUT2D eigenvalue weighted by atomic mass is 19.4. The summed E-state index contributed by atoms with van der Waals surface area (Å²) in [7, 11) is 0. The second kappa shape index (κ2) is 9.26. The van der Waals surface area contributed by atoms with Crippen molar-refractivity contribution in [2.45, 2.75) is 32.1 Å². The third-order valence-corrected chi connectivity index (χ3v) is 4.03. The molecule has 0 saturated carbocycles. The van der Waals surface area contributed by atoms with Gasteiger partial charge in [0.05, 0.1) is 16.9 Å². The van der Waals surface area contributed by atoms with Crippen molar-refractivity contribution in [1.29, 1.82) is 0 Å². The van der Waals surface area contributed by atoms with Gasteiger partial charge in [-0.25, -0.2) is 9.18 Å². The molecule has 0 spiro atoms. The van der Waals surface area contributed by atoms with Gasteiger partial charge in [-0.1, -0.05) is 25.1 Å². The zero-order chi connectivity index (χ0) is 21.6. The van der Waals surface area contributed by atoms with Crippen molar-refractivity contribution in [1.82, 2.24) is 5.32 Å². The van der Waals surface area contributed by atoms with E-state index in [1.165, 1.54) is 30.3 Å². The van der Waals surface area contributed by atoms with E-state index in [4.69, 9.17) is 5.11 Å². The lowest BCUT2D eigenvalue weighted by Gasteiger charge is -2.21. The van der Waals surface area contributed by atoms with Crippen LogP contribution in [0, 0.1) is 5.82 Å². The van der Waals surface area contributed by atoms with E-state index < -0.39 is 35.6 Å². The Morgan fingerprint density at radius 3 is 2.31 bits per heavy atom. The number of hydrogen-bond acceptors (Lipinski definition) is 3. The van der Waals surface area contributed by atoms with Crippen LogP contribution >= 0.6 is 0 Å². The van der Waals surface area contributed by atoms with Crippen molar-refractivity contribution in [2.75, 3.05) is 10.6 Å². The summed E-state index contributed by atoms with van der Waals surface area (Å²) >= 11 is 0. The molecule has 0 aliphatic carbocycles. The molecule has 2 aromatic carbocycles. The van der Waals surface area contributed by atoms with Gasteiger partial charge in [-0.3, -0.25) is 4.79 Å². The summed E-state index contributed by atoms with van der Waals surface area (Å²) in [5.41, 5.74) is -1.00.